The zero-order chi connectivity index (χ0) is 20.7. The normalized spacial score (nSPS) is 10.5. The summed E-state index contributed by atoms with van der Waals surface area (Å²) in [6, 6.07) is 12.0. The van der Waals surface area contributed by atoms with E-state index in [0.29, 0.717) is 10.6 Å². The summed E-state index contributed by atoms with van der Waals surface area (Å²) in [6.45, 7) is 5.21. The van der Waals surface area contributed by atoms with Gasteiger partial charge in [0.15, 0.2) is 6.61 Å². The van der Waals surface area contributed by atoms with Crippen LogP contribution in [-0.4, -0.2) is 30.9 Å². The van der Waals surface area contributed by atoms with E-state index >= 15 is 0 Å². The highest BCUT2D eigenvalue weighted by atomic mass is 35.5. The standard InChI is InChI=1S/C21H23ClN2O4/c1-13(2)17-6-4-5-14(3)20(17)24-18(25)12-28-19(26)11-23-21(27)15-7-9-16(22)10-8-15/h4-10,13H,11-12H2,1-3H3,(H,23,27)(H,24,25). The number of benzene rings is 2. The molecule has 0 atom stereocenters. The van der Waals surface area contributed by atoms with Crippen molar-refractivity contribution in [2.75, 3.05) is 18.5 Å². The molecule has 0 radical (unpaired) electrons. The molecule has 0 aliphatic rings. The van der Waals surface area contributed by atoms with Gasteiger partial charge in [0.25, 0.3) is 11.8 Å². The zero-order valence-corrected chi connectivity index (χ0v) is 16.8. The van der Waals surface area contributed by atoms with Crippen molar-refractivity contribution in [2.45, 2.75) is 26.7 Å². The fourth-order valence-corrected chi connectivity index (χ4v) is 2.70. The van der Waals surface area contributed by atoms with Gasteiger partial charge >= 0.3 is 5.97 Å². The van der Waals surface area contributed by atoms with E-state index in [4.69, 9.17) is 16.3 Å². The number of carbonyl (C=O) groups is 3. The van der Waals surface area contributed by atoms with Crippen LogP contribution in [0.25, 0.3) is 0 Å². The molecule has 0 aliphatic heterocycles. The van der Waals surface area contributed by atoms with Crippen LogP contribution in [0.15, 0.2) is 42.5 Å². The molecule has 6 nitrogen and oxygen atoms in total. The maximum atomic E-state index is 12.1. The molecule has 0 spiro atoms. The first-order chi connectivity index (χ1) is 13.3. The summed E-state index contributed by atoms with van der Waals surface area (Å²) < 4.78 is 4.93. The Morgan fingerprint density at radius 3 is 2.39 bits per heavy atom. The van der Waals surface area contributed by atoms with Gasteiger partial charge < -0.3 is 15.4 Å². The molecule has 0 heterocycles. The predicted molar refractivity (Wildman–Crippen MR) is 109 cm³/mol. The van der Waals surface area contributed by atoms with Crippen molar-refractivity contribution in [3.63, 3.8) is 0 Å². The minimum absolute atomic E-state index is 0.237. The molecule has 0 saturated heterocycles. The van der Waals surface area contributed by atoms with Gasteiger partial charge in [-0.2, -0.15) is 0 Å². The first-order valence-electron chi connectivity index (χ1n) is 8.86. The van der Waals surface area contributed by atoms with Crippen LogP contribution in [0.1, 0.15) is 41.3 Å². The number of hydrogen-bond donors (Lipinski definition) is 2. The second-order valence-electron chi connectivity index (χ2n) is 6.59. The third-order valence-corrected chi connectivity index (χ3v) is 4.31. The smallest absolute Gasteiger partial charge is 0.325 e. The van der Waals surface area contributed by atoms with Crippen molar-refractivity contribution >= 4 is 35.1 Å². The van der Waals surface area contributed by atoms with Crippen molar-refractivity contribution in [2.24, 2.45) is 0 Å². The first-order valence-corrected chi connectivity index (χ1v) is 9.24. The lowest BCUT2D eigenvalue weighted by molar-refractivity contribution is -0.146. The summed E-state index contributed by atoms with van der Waals surface area (Å²) in [5.41, 5.74) is 3.04. The number of anilines is 1. The second kappa shape index (κ2) is 9.90. The van der Waals surface area contributed by atoms with Crippen LogP contribution in [0.5, 0.6) is 0 Å². The maximum Gasteiger partial charge on any atom is 0.325 e. The number of amides is 2. The van der Waals surface area contributed by atoms with Gasteiger partial charge in [-0.1, -0.05) is 43.6 Å². The Labute approximate surface area is 169 Å². The lowest BCUT2D eigenvalue weighted by atomic mass is 9.98. The van der Waals surface area contributed by atoms with E-state index in [-0.39, 0.29) is 12.5 Å². The van der Waals surface area contributed by atoms with Crippen LogP contribution >= 0.6 is 11.6 Å². The molecule has 0 saturated carbocycles. The lowest BCUT2D eigenvalue weighted by Crippen LogP contribution is -2.32. The number of hydrogen-bond acceptors (Lipinski definition) is 4. The van der Waals surface area contributed by atoms with Crippen LogP contribution in [0, 0.1) is 6.92 Å². The number of esters is 1. The molecule has 2 N–H and O–H groups in total. The highest BCUT2D eigenvalue weighted by molar-refractivity contribution is 6.30. The van der Waals surface area contributed by atoms with E-state index in [1.807, 2.05) is 39.0 Å². The monoisotopic (exact) mass is 402 g/mol. The molecule has 148 valence electrons. The fraction of sp³-hybridized carbons (Fsp3) is 0.286. The van der Waals surface area contributed by atoms with Gasteiger partial charge in [-0.25, -0.2) is 0 Å². The summed E-state index contributed by atoms with van der Waals surface area (Å²) in [5, 5.41) is 5.74. The Bertz CT molecular complexity index is 863. The Balaban J connectivity index is 1.82. The topological polar surface area (TPSA) is 84.5 Å². The first kappa shape index (κ1) is 21.4. The Hall–Kier alpha value is -2.86. The molecule has 0 bridgehead atoms. The summed E-state index contributed by atoms with van der Waals surface area (Å²) in [5.74, 6) is -1.33. The summed E-state index contributed by atoms with van der Waals surface area (Å²) in [7, 11) is 0. The Morgan fingerprint density at radius 1 is 1.07 bits per heavy atom. The second-order valence-corrected chi connectivity index (χ2v) is 7.03. The summed E-state index contributed by atoms with van der Waals surface area (Å²) in [6.07, 6.45) is 0. The third-order valence-electron chi connectivity index (χ3n) is 4.06. The number of carbonyl (C=O) groups excluding carboxylic acids is 3. The summed E-state index contributed by atoms with van der Waals surface area (Å²) in [4.78, 5) is 35.9. The minimum atomic E-state index is -0.702. The van der Waals surface area contributed by atoms with Gasteiger partial charge in [0.2, 0.25) is 0 Å². The van der Waals surface area contributed by atoms with Crippen LogP contribution < -0.4 is 10.6 Å². The maximum absolute atomic E-state index is 12.1. The van der Waals surface area contributed by atoms with Crippen LogP contribution in [0.4, 0.5) is 5.69 Å². The average molecular weight is 403 g/mol. The van der Waals surface area contributed by atoms with Crippen molar-refractivity contribution < 1.29 is 19.1 Å². The third kappa shape index (κ3) is 6.09. The molecule has 2 rings (SSSR count). The fourth-order valence-electron chi connectivity index (χ4n) is 2.57. The molecule has 2 aromatic carbocycles. The van der Waals surface area contributed by atoms with E-state index in [1.165, 1.54) is 0 Å². The largest absolute Gasteiger partial charge is 0.454 e. The van der Waals surface area contributed by atoms with E-state index in [0.717, 1.165) is 16.8 Å². The molecule has 2 amide bonds. The summed E-state index contributed by atoms with van der Waals surface area (Å²) >= 11 is 5.77. The number of rotatable bonds is 7. The lowest BCUT2D eigenvalue weighted by Gasteiger charge is -2.16. The number of nitrogens with one attached hydrogen (secondary N) is 2. The van der Waals surface area contributed by atoms with Crippen molar-refractivity contribution in [1.29, 1.82) is 0 Å². The molecule has 7 heteroatoms. The molecule has 0 aromatic heterocycles. The van der Waals surface area contributed by atoms with Crippen LogP contribution in [0.3, 0.4) is 0 Å². The quantitative estimate of drug-likeness (QED) is 0.692. The minimum Gasteiger partial charge on any atom is -0.454 e. The molecule has 0 aliphatic carbocycles. The molecule has 0 fully saturated rings. The van der Waals surface area contributed by atoms with Crippen molar-refractivity contribution in [3.05, 3.63) is 64.2 Å². The van der Waals surface area contributed by atoms with Crippen molar-refractivity contribution in [3.8, 4) is 0 Å². The Morgan fingerprint density at radius 2 is 1.75 bits per heavy atom. The molecule has 28 heavy (non-hydrogen) atoms. The molecular weight excluding hydrogens is 380 g/mol. The highest BCUT2D eigenvalue weighted by Gasteiger charge is 2.14. The van der Waals surface area contributed by atoms with Gasteiger partial charge in [0.1, 0.15) is 6.54 Å². The van der Waals surface area contributed by atoms with E-state index in [2.05, 4.69) is 10.6 Å². The van der Waals surface area contributed by atoms with Gasteiger partial charge in [-0.05, 0) is 48.2 Å². The van der Waals surface area contributed by atoms with E-state index in [9.17, 15) is 14.4 Å². The molecular formula is C21H23ClN2O4. The number of aryl methyl sites for hydroxylation is 1. The number of halogens is 1. The van der Waals surface area contributed by atoms with Crippen LogP contribution in [0.2, 0.25) is 5.02 Å². The van der Waals surface area contributed by atoms with Gasteiger partial charge in [-0.3, -0.25) is 14.4 Å². The van der Waals surface area contributed by atoms with Gasteiger partial charge in [-0.15, -0.1) is 0 Å². The number of ether oxygens (including phenoxy) is 1. The highest BCUT2D eigenvalue weighted by Crippen LogP contribution is 2.27. The predicted octanol–water partition coefficient (Wildman–Crippen LogP) is 3.68. The SMILES string of the molecule is Cc1cccc(C(C)C)c1NC(=O)COC(=O)CNC(=O)c1ccc(Cl)cc1. The van der Waals surface area contributed by atoms with Crippen molar-refractivity contribution in [1.82, 2.24) is 5.32 Å². The van der Waals surface area contributed by atoms with Crippen LogP contribution in [-0.2, 0) is 14.3 Å². The number of para-hydroxylation sites is 1. The molecule has 2 aromatic rings. The zero-order valence-electron chi connectivity index (χ0n) is 16.0. The van der Waals surface area contributed by atoms with Gasteiger partial charge in [0.05, 0.1) is 0 Å². The molecule has 0 unspecified atom stereocenters. The average Bonchev–Trinajstić information content (AvgIpc) is 2.66. The Kier molecular flexibility index (Phi) is 7.58. The van der Waals surface area contributed by atoms with E-state index < -0.39 is 24.4 Å². The van der Waals surface area contributed by atoms with E-state index in [1.54, 1.807) is 24.3 Å². The van der Waals surface area contributed by atoms with Gasteiger partial charge in [0, 0.05) is 16.3 Å².